The van der Waals surface area contributed by atoms with Crippen molar-refractivity contribution in [1.82, 2.24) is 0 Å². The minimum absolute atomic E-state index is 0.0453. The van der Waals surface area contributed by atoms with Crippen LogP contribution in [-0.2, 0) is 6.42 Å². The van der Waals surface area contributed by atoms with Crippen molar-refractivity contribution in [3.8, 4) is 5.75 Å². The summed E-state index contributed by atoms with van der Waals surface area (Å²) < 4.78 is 4.64. The molecule has 0 aliphatic heterocycles. The normalized spacial score (nSPS) is 21.4. The lowest BCUT2D eigenvalue weighted by Crippen LogP contribution is -2.06. The van der Waals surface area contributed by atoms with Crippen LogP contribution < -0.4 is 4.74 Å². The van der Waals surface area contributed by atoms with Gasteiger partial charge < -0.3 is 9.84 Å². The van der Waals surface area contributed by atoms with Crippen molar-refractivity contribution in [2.24, 2.45) is 11.8 Å². The Labute approximate surface area is 103 Å². The van der Waals surface area contributed by atoms with E-state index in [0.717, 1.165) is 6.42 Å². The first-order chi connectivity index (χ1) is 8.47. The van der Waals surface area contributed by atoms with Crippen LogP contribution in [-0.4, -0.2) is 16.2 Å². The van der Waals surface area contributed by atoms with Gasteiger partial charge in [-0.2, -0.15) is 0 Å². The molecule has 0 saturated heterocycles. The molecule has 0 heterocycles. The zero-order valence-electron chi connectivity index (χ0n) is 9.83. The van der Waals surface area contributed by atoms with Crippen LogP contribution in [0.4, 0.5) is 10.5 Å². The summed E-state index contributed by atoms with van der Waals surface area (Å²) in [6.07, 6.45) is 0.273. The molecular formula is C12H13NO5. The summed E-state index contributed by atoms with van der Waals surface area (Å²) in [6.45, 7) is 2.10. The van der Waals surface area contributed by atoms with Gasteiger partial charge in [0.1, 0.15) is 5.75 Å². The van der Waals surface area contributed by atoms with Crippen LogP contribution >= 0.6 is 0 Å². The minimum atomic E-state index is -1.41. The number of ether oxygens (including phenoxy) is 1. The van der Waals surface area contributed by atoms with Crippen molar-refractivity contribution in [2.75, 3.05) is 0 Å². The molecule has 1 saturated carbocycles. The first-order valence-corrected chi connectivity index (χ1v) is 5.65. The van der Waals surface area contributed by atoms with Crippen LogP contribution in [0, 0.1) is 22.0 Å². The Morgan fingerprint density at radius 1 is 1.61 bits per heavy atom. The Morgan fingerprint density at radius 2 is 2.28 bits per heavy atom. The summed E-state index contributed by atoms with van der Waals surface area (Å²) in [5, 5.41) is 19.3. The molecule has 6 heteroatoms. The summed E-state index contributed by atoms with van der Waals surface area (Å²) >= 11 is 0. The van der Waals surface area contributed by atoms with E-state index < -0.39 is 11.1 Å². The topological polar surface area (TPSA) is 89.7 Å². The van der Waals surface area contributed by atoms with Gasteiger partial charge in [-0.25, -0.2) is 4.79 Å². The molecule has 96 valence electrons. The summed E-state index contributed by atoms with van der Waals surface area (Å²) in [4.78, 5) is 20.8. The SMILES string of the molecule is CC1CC1Cc1cc([N+](=O)[O-])ccc1OC(=O)O. The van der Waals surface area contributed by atoms with E-state index in [9.17, 15) is 14.9 Å². The molecule has 0 aromatic heterocycles. The number of benzene rings is 1. The molecule has 18 heavy (non-hydrogen) atoms. The molecule has 2 rings (SSSR count). The van der Waals surface area contributed by atoms with E-state index in [1.165, 1.54) is 18.2 Å². The summed E-state index contributed by atoms with van der Waals surface area (Å²) in [5.74, 6) is 1.23. The van der Waals surface area contributed by atoms with Gasteiger partial charge in [0.05, 0.1) is 4.92 Å². The van der Waals surface area contributed by atoms with Crippen LogP contribution in [0.3, 0.4) is 0 Å². The number of rotatable bonds is 4. The molecule has 0 bridgehead atoms. The van der Waals surface area contributed by atoms with E-state index in [-0.39, 0.29) is 11.4 Å². The highest BCUT2D eigenvalue weighted by Gasteiger charge is 2.33. The van der Waals surface area contributed by atoms with E-state index in [4.69, 9.17) is 5.11 Å². The van der Waals surface area contributed by atoms with Crippen LogP contribution in [0.2, 0.25) is 0 Å². The van der Waals surface area contributed by atoms with Crippen LogP contribution in [0.15, 0.2) is 18.2 Å². The zero-order chi connectivity index (χ0) is 13.3. The number of carboxylic acid groups (broad SMARTS) is 1. The van der Waals surface area contributed by atoms with Gasteiger partial charge in [-0.05, 0) is 30.7 Å². The van der Waals surface area contributed by atoms with Crippen molar-refractivity contribution in [2.45, 2.75) is 19.8 Å². The molecular weight excluding hydrogens is 238 g/mol. The molecule has 1 N–H and O–H groups in total. The van der Waals surface area contributed by atoms with Crippen LogP contribution in [0.25, 0.3) is 0 Å². The first kappa shape index (κ1) is 12.3. The third-order valence-corrected chi connectivity index (χ3v) is 3.21. The van der Waals surface area contributed by atoms with Gasteiger partial charge in [-0.1, -0.05) is 6.92 Å². The number of nitro benzene ring substituents is 1. The molecule has 2 unspecified atom stereocenters. The molecule has 1 aromatic rings. The number of non-ortho nitro benzene ring substituents is 1. The average molecular weight is 251 g/mol. The quantitative estimate of drug-likeness (QED) is 0.384. The fraction of sp³-hybridized carbons (Fsp3) is 0.417. The molecule has 6 nitrogen and oxygen atoms in total. The Morgan fingerprint density at radius 3 is 2.78 bits per heavy atom. The van der Waals surface area contributed by atoms with Crippen molar-refractivity contribution in [3.63, 3.8) is 0 Å². The number of carbonyl (C=O) groups is 1. The number of hydrogen-bond acceptors (Lipinski definition) is 4. The Hall–Kier alpha value is -2.11. The molecule has 1 fully saturated rings. The standard InChI is InChI=1S/C12H13NO5/c1-7-4-8(7)5-9-6-10(13(16)17)2-3-11(9)18-12(14)15/h2-3,6-8H,4-5H2,1H3,(H,14,15). The Kier molecular flexibility index (Phi) is 3.18. The maximum Gasteiger partial charge on any atom is 0.511 e. The lowest BCUT2D eigenvalue weighted by atomic mass is 10.1. The van der Waals surface area contributed by atoms with Gasteiger partial charge in [0.15, 0.2) is 0 Å². The third kappa shape index (κ3) is 2.77. The predicted molar refractivity (Wildman–Crippen MR) is 62.7 cm³/mol. The fourth-order valence-electron chi connectivity index (χ4n) is 2.00. The van der Waals surface area contributed by atoms with Gasteiger partial charge in [0.25, 0.3) is 5.69 Å². The lowest BCUT2D eigenvalue weighted by Gasteiger charge is -2.07. The second kappa shape index (κ2) is 4.64. The second-order valence-electron chi connectivity index (χ2n) is 4.59. The highest BCUT2D eigenvalue weighted by molar-refractivity contribution is 5.62. The lowest BCUT2D eigenvalue weighted by molar-refractivity contribution is -0.384. The number of hydrogen-bond donors (Lipinski definition) is 1. The van der Waals surface area contributed by atoms with Gasteiger partial charge in [0, 0.05) is 17.7 Å². The van der Waals surface area contributed by atoms with Crippen LogP contribution in [0.5, 0.6) is 5.75 Å². The van der Waals surface area contributed by atoms with Gasteiger partial charge in [-0.3, -0.25) is 10.1 Å². The van der Waals surface area contributed by atoms with E-state index in [1.807, 2.05) is 0 Å². The maximum atomic E-state index is 10.7. The Bertz CT molecular complexity index is 499. The molecule has 1 aliphatic carbocycles. The number of nitro groups is 1. The molecule has 0 radical (unpaired) electrons. The van der Waals surface area contributed by atoms with Gasteiger partial charge in [-0.15, -0.1) is 0 Å². The second-order valence-corrected chi connectivity index (χ2v) is 4.59. The van der Waals surface area contributed by atoms with Crippen molar-refractivity contribution >= 4 is 11.8 Å². The fourth-order valence-corrected chi connectivity index (χ4v) is 2.00. The minimum Gasteiger partial charge on any atom is -0.449 e. The predicted octanol–water partition coefficient (Wildman–Crippen LogP) is 2.85. The summed E-state index contributed by atoms with van der Waals surface area (Å²) in [5.41, 5.74) is 0.539. The maximum absolute atomic E-state index is 10.7. The van der Waals surface area contributed by atoms with Gasteiger partial charge >= 0.3 is 6.16 Å². The summed E-state index contributed by atoms with van der Waals surface area (Å²) in [6, 6.07) is 3.98. The van der Waals surface area contributed by atoms with Crippen molar-refractivity contribution in [3.05, 3.63) is 33.9 Å². The highest BCUT2D eigenvalue weighted by Crippen LogP contribution is 2.42. The van der Waals surface area contributed by atoms with E-state index in [2.05, 4.69) is 11.7 Å². The first-order valence-electron chi connectivity index (χ1n) is 5.65. The molecule has 0 spiro atoms. The van der Waals surface area contributed by atoms with Gasteiger partial charge in [0.2, 0.25) is 0 Å². The largest absolute Gasteiger partial charge is 0.511 e. The van der Waals surface area contributed by atoms with E-state index in [0.29, 0.717) is 23.8 Å². The molecule has 0 amide bonds. The third-order valence-electron chi connectivity index (χ3n) is 3.21. The van der Waals surface area contributed by atoms with Crippen molar-refractivity contribution < 1.29 is 19.6 Å². The molecule has 1 aromatic carbocycles. The zero-order valence-corrected chi connectivity index (χ0v) is 9.83. The van der Waals surface area contributed by atoms with E-state index >= 15 is 0 Å². The summed E-state index contributed by atoms with van der Waals surface area (Å²) in [7, 11) is 0. The highest BCUT2D eigenvalue weighted by atomic mass is 16.7. The van der Waals surface area contributed by atoms with Crippen LogP contribution in [0.1, 0.15) is 18.9 Å². The smallest absolute Gasteiger partial charge is 0.449 e. The monoisotopic (exact) mass is 251 g/mol. The molecule has 1 aliphatic rings. The Balaban J connectivity index is 2.26. The average Bonchev–Trinajstić information content (AvgIpc) is 2.96. The number of nitrogens with zero attached hydrogens (tertiary/aromatic N) is 1. The van der Waals surface area contributed by atoms with E-state index in [1.54, 1.807) is 0 Å². The van der Waals surface area contributed by atoms with Crippen molar-refractivity contribution in [1.29, 1.82) is 0 Å². The molecule has 2 atom stereocenters.